The van der Waals surface area contributed by atoms with E-state index in [2.05, 4.69) is 11.5 Å². The third-order valence-electron chi connectivity index (χ3n) is 3.10. The highest BCUT2D eigenvalue weighted by Crippen LogP contribution is 2.23. The average Bonchev–Trinajstić information content (AvgIpc) is 2.62. The highest BCUT2D eigenvalue weighted by atomic mass is 16.5. The summed E-state index contributed by atoms with van der Waals surface area (Å²) in [6, 6.07) is 0.559. The maximum atomic E-state index is 11.6. The zero-order valence-electron chi connectivity index (χ0n) is 8.66. The van der Waals surface area contributed by atoms with E-state index in [0.717, 1.165) is 13.1 Å². The van der Waals surface area contributed by atoms with Gasteiger partial charge in [-0.1, -0.05) is 6.58 Å². The fourth-order valence-corrected chi connectivity index (χ4v) is 2.25. The van der Waals surface area contributed by atoms with E-state index < -0.39 is 0 Å². The predicted octanol–water partition coefficient (Wildman–Crippen LogP) is 0.995. The van der Waals surface area contributed by atoms with Gasteiger partial charge in [-0.3, -0.25) is 9.69 Å². The summed E-state index contributed by atoms with van der Waals surface area (Å²) in [6.45, 7) is 8.01. The number of Topliss-reactive ketones (excluding diaryl/α,β-unsaturated/α-hetero) is 1. The fourth-order valence-electron chi connectivity index (χ4n) is 2.25. The van der Waals surface area contributed by atoms with Crippen LogP contribution in [0.3, 0.4) is 0 Å². The third-order valence-corrected chi connectivity index (χ3v) is 3.10. The quantitative estimate of drug-likeness (QED) is 0.615. The summed E-state index contributed by atoms with van der Waals surface area (Å²) < 4.78 is 5.56. The first-order chi connectivity index (χ1) is 6.68. The van der Waals surface area contributed by atoms with Crippen LogP contribution in [-0.2, 0) is 9.53 Å². The van der Waals surface area contributed by atoms with Gasteiger partial charge in [0.2, 0.25) is 0 Å². The lowest BCUT2D eigenvalue weighted by Gasteiger charge is -2.34. The van der Waals surface area contributed by atoms with Gasteiger partial charge in [0, 0.05) is 12.6 Å². The maximum Gasteiger partial charge on any atom is 0.187 e. The molecule has 14 heavy (non-hydrogen) atoms. The standard InChI is InChI=1S/C11H17NO2/c1-8(2)11(13)10-6-12-5-3-4-9(12)7-14-10/h9-10H,1,3-7H2,2H3. The van der Waals surface area contributed by atoms with Gasteiger partial charge in [-0.2, -0.15) is 0 Å². The van der Waals surface area contributed by atoms with Crippen molar-refractivity contribution in [3.63, 3.8) is 0 Å². The van der Waals surface area contributed by atoms with Crippen LogP contribution in [0.2, 0.25) is 0 Å². The van der Waals surface area contributed by atoms with E-state index in [1.54, 1.807) is 6.92 Å². The van der Waals surface area contributed by atoms with Crippen molar-refractivity contribution in [1.29, 1.82) is 0 Å². The molecule has 0 N–H and O–H groups in total. The molecular weight excluding hydrogens is 178 g/mol. The fraction of sp³-hybridized carbons (Fsp3) is 0.727. The number of hydrogen-bond donors (Lipinski definition) is 0. The smallest absolute Gasteiger partial charge is 0.187 e. The van der Waals surface area contributed by atoms with Crippen LogP contribution in [0.4, 0.5) is 0 Å². The Morgan fingerprint density at radius 2 is 2.36 bits per heavy atom. The number of fused-ring (bicyclic) bond motifs is 1. The van der Waals surface area contributed by atoms with Gasteiger partial charge in [-0.05, 0) is 31.9 Å². The van der Waals surface area contributed by atoms with Gasteiger partial charge in [0.15, 0.2) is 5.78 Å². The maximum absolute atomic E-state index is 11.6. The Bertz CT molecular complexity index is 262. The molecule has 2 rings (SSSR count). The van der Waals surface area contributed by atoms with Crippen LogP contribution in [-0.4, -0.2) is 42.5 Å². The normalized spacial score (nSPS) is 32.6. The molecule has 2 heterocycles. The second kappa shape index (κ2) is 3.83. The zero-order valence-corrected chi connectivity index (χ0v) is 8.66. The summed E-state index contributed by atoms with van der Waals surface area (Å²) >= 11 is 0. The highest BCUT2D eigenvalue weighted by Gasteiger charge is 2.35. The van der Waals surface area contributed by atoms with E-state index in [1.807, 2.05) is 0 Å². The molecule has 0 saturated carbocycles. The molecule has 0 aromatic carbocycles. The Labute approximate surface area is 84.7 Å². The van der Waals surface area contributed by atoms with Crippen LogP contribution in [0.5, 0.6) is 0 Å². The predicted molar refractivity (Wildman–Crippen MR) is 54.2 cm³/mol. The van der Waals surface area contributed by atoms with Gasteiger partial charge >= 0.3 is 0 Å². The molecule has 3 nitrogen and oxygen atoms in total. The lowest BCUT2D eigenvalue weighted by molar-refractivity contribution is -0.134. The summed E-state index contributed by atoms with van der Waals surface area (Å²) in [4.78, 5) is 14.0. The molecule has 2 saturated heterocycles. The number of ketones is 1. The van der Waals surface area contributed by atoms with Gasteiger partial charge < -0.3 is 4.74 Å². The van der Waals surface area contributed by atoms with E-state index in [-0.39, 0.29) is 11.9 Å². The van der Waals surface area contributed by atoms with E-state index in [0.29, 0.717) is 18.2 Å². The molecule has 2 aliphatic rings. The molecule has 0 spiro atoms. The molecule has 3 heteroatoms. The molecule has 0 aromatic heterocycles. The molecule has 2 fully saturated rings. The third kappa shape index (κ3) is 1.74. The lowest BCUT2D eigenvalue weighted by atomic mass is 10.1. The van der Waals surface area contributed by atoms with Crippen molar-refractivity contribution in [3.8, 4) is 0 Å². The van der Waals surface area contributed by atoms with Crippen LogP contribution >= 0.6 is 0 Å². The van der Waals surface area contributed by atoms with Gasteiger partial charge in [0.25, 0.3) is 0 Å². The molecule has 0 aromatic rings. The number of rotatable bonds is 2. The summed E-state index contributed by atoms with van der Waals surface area (Å²) in [6.07, 6.45) is 2.19. The number of hydrogen-bond acceptors (Lipinski definition) is 3. The van der Waals surface area contributed by atoms with Crippen molar-refractivity contribution in [1.82, 2.24) is 4.90 Å². The SMILES string of the molecule is C=C(C)C(=O)C1CN2CCCC2CO1. The van der Waals surface area contributed by atoms with Crippen molar-refractivity contribution in [2.24, 2.45) is 0 Å². The first-order valence-electron chi connectivity index (χ1n) is 5.24. The van der Waals surface area contributed by atoms with Crippen molar-refractivity contribution in [3.05, 3.63) is 12.2 Å². The molecule has 0 amide bonds. The van der Waals surface area contributed by atoms with Crippen LogP contribution in [0, 0.1) is 0 Å². The number of ether oxygens (including phenoxy) is 1. The Hall–Kier alpha value is -0.670. The van der Waals surface area contributed by atoms with Gasteiger partial charge in [-0.25, -0.2) is 0 Å². The van der Waals surface area contributed by atoms with E-state index >= 15 is 0 Å². The van der Waals surface area contributed by atoms with E-state index in [1.165, 1.54) is 12.8 Å². The minimum atomic E-state index is -0.262. The minimum Gasteiger partial charge on any atom is -0.367 e. The first kappa shape index (κ1) is 9.87. The molecule has 2 atom stereocenters. The Morgan fingerprint density at radius 3 is 3.07 bits per heavy atom. The Balaban J connectivity index is 1.97. The Morgan fingerprint density at radius 1 is 1.57 bits per heavy atom. The van der Waals surface area contributed by atoms with E-state index in [4.69, 9.17) is 4.74 Å². The average molecular weight is 195 g/mol. The summed E-state index contributed by atoms with van der Waals surface area (Å²) in [5, 5.41) is 0. The monoisotopic (exact) mass is 195 g/mol. The minimum absolute atomic E-state index is 0.0651. The zero-order chi connectivity index (χ0) is 10.1. The van der Waals surface area contributed by atoms with Crippen LogP contribution in [0.15, 0.2) is 12.2 Å². The number of carbonyl (C=O) groups excluding carboxylic acids is 1. The topological polar surface area (TPSA) is 29.5 Å². The van der Waals surface area contributed by atoms with Crippen molar-refractivity contribution >= 4 is 5.78 Å². The van der Waals surface area contributed by atoms with Gasteiger partial charge in [0.05, 0.1) is 6.61 Å². The molecule has 2 unspecified atom stereocenters. The van der Waals surface area contributed by atoms with Crippen LogP contribution in [0.1, 0.15) is 19.8 Å². The summed E-state index contributed by atoms with van der Waals surface area (Å²) in [5.74, 6) is 0.0651. The molecule has 2 aliphatic heterocycles. The van der Waals surface area contributed by atoms with Crippen LogP contribution < -0.4 is 0 Å². The molecule has 0 aliphatic carbocycles. The summed E-state index contributed by atoms with van der Waals surface area (Å²) in [5.41, 5.74) is 0.604. The van der Waals surface area contributed by atoms with Crippen LogP contribution in [0.25, 0.3) is 0 Å². The second-order valence-electron chi connectivity index (χ2n) is 4.26. The van der Waals surface area contributed by atoms with Gasteiger partial charge in [0.1, 0.15) is 6.10 Å². The molecule has 0 bridgehead atoms. The van der Waals surface area contributed by atoms with Crippen molar-refractivity contribution < 1.29 is 9.53 Å². The first-order valence-corrected chi connectivity index (χ1v) is 5.24. The summed E-state index contributed by atoms with van der Waals surface area (Å²) in [7, 11) is 0. The van der Waals surface area contributed by atoms with Crippen molar-refractivity contribution in [2.75, 3.05) is 19.7 Å². The van der Waals surface area contributed by atoms with Crippen molar-refractivity contribution in [2.45, 2.75) is 31.9 Å². The number of carbonyl (C=O) groups is 1. The second-order valence-corrected chi connectivity index (χ2v) is 4.26. The Kier molecular flexibility index (Phi) is 2.70. The van der Waals surface area contributed by atoms with Gasteiger partial charge in [-0.15, -0.1) is 0 Å². The van der Waals surface area contributed by atoms with E-state index in [9.17, 15) is 4.79 Å². The number of morpholine rings is 1. The largest absolute Gasteiger partial charge is 0.367 e. The lowest BCUT2D eigenvalue weighted by Crippen LogP contribution is -2.49. The highest BCUT2D eigenvalue weighted by molar-refractivity contribution is 5.97. The molecule has 0 radical (unpaired) electrons. The number of nitrogens with zero attached hydrogens (tertiary/aromatic N) is 1. The molecule has 78 valence electrons. The molecular formula is C11H17NO2.